The molecule has 1 aromatic heterocycles. The Morgan fingerprint density at radius 1 is 1.24 bits per heavy atom. The van der Waals surface area contributed by atoms with Crippen LogP contribution in [0, 0.1) is 0 Å². The van der Waals surface area contributed by atoms with Crippen molar-refractivity contribution in [3.8, 4) is 11.5 Å². The van der Waals surface area contributed by atoms with Crippen LogP contribution in [0.25, 0.3) is 0 Å². The average Bonchev–Trinajstić information content (AvgIpc) is 2.86. The number of ether oxygens (including phenoxy) is 2. The van der Waals surface area contributed by atoms with Gasteiger partial charge in [0.05, 0.1) is 19.6 Å². The fourth-order valence-corrected chi connectivity index (χ4v) is 1.78. The van der Waals surface area contributed by atoms with E-state index in [0.29, 0.717) is 23.9 Å². The second-order valence-electron chi connectivity index (χ2n) is 4.40. The summed E-state index contributed by atoms with van der Waals surface area (Å²) >= 11 is 0. The highest BCUT2D eigenvalue weighted by molar-refractivity contribution is 5.89. The average molecular weight is 289 g/mol. The van der Waals surface area contributed by atoms with Crippen molar-refractivity contribution in [2.75, 3.05) is 18.5 Å². The van der Waals surface area contributed by atoms with Gasteiger partial charge in [0, 0.05) is 19.3 Å². The Hall–Kier alpha value is -2.50. The molecule has 2 rings (SSSR count). The van der Waals surface area contributed by atoms with E-state index in [4.69, 9.17) is 9.47 Å². The highest BCUT2D eigenvalue weighted by atomic mass is 16.5. The number of benzene rings is 1. The van der Waals surface area contributed by atoms with Gasteiger partial charge in [0.25, 0.3) is 0 Å². The number of anilines is 1. The van der Waals surface area contributed by atoms with Crippen molar-refractivity contribution >= 4 is 11.7 Å². The van der Waals surface area contributed by atoms with Crippen molar-refractivity contribution in [3.63, 3.8) is 0 Å². The number of aryl methyl sites for hydroxylation is 1. The molecule has 0 aliphatic carbocycles. The summed E-state index contributed by atoms with van der Waals surface area (Å²) in [6, 6.07) is 9.15. The van der Waals surface area contributed by atoms with Gasteiger partial charge in [0.1, 0.15) is 0 Å². The number of nitrogens with zero attached hydrogens (tertiary/aromatic N) is 2. The molecule has 6 nitrogen and oxygen atoms in total. The van der Waals surface area contributed by atoms with E-state index in [1.807, 2.05) is 31.2 Å². The van der Waals surface area contributed by atoms with E-state index in [2.05, 4.69) is 10.4 Å². The maximum Gasteiger partial charge on any atom is 0.229 e. The Morgan fingerprint density at radius 3 is 2.57 bits per heavy atom. The Bertz CT molecular complexity index is 595. The molecule has 21 heavy (non-hydrogen) atoms. The number of carbonyl (C=O) groups is 1. The molecule has 0 saturated heterocycles. The van der Waals surface area contributed by atoms with Crippen LogP contribution < -0.4 is 14.8 Å². The molecular weight excluding hydrogens is 270 g/mol. The minimum Gasteiger partial charge on any atom is -0.490 e. The summed E-state index contributed by atoms with van der Waals surface area (Å²) in [7, 11) is 1.80. The van der Waals surface area contributed by atoms with Crippen molar-refractivity contribution < 1.29 is 14.3 Å². The van der Waals surface area contributed by atoms with Crippen LogP contribution in [-0.4, -0.2) is 28.9 Å². The largest absolute Gasteiger partial charge is 0.490 e. The topological polar surface area (TPSA) is 65.4 Å². The van der Waals surface area contributed by atoms with Crippen LogP contribution in [0.15, 0.2) is 36.5 Å². The molecule has 0 aliphatic rings. The van der Waals surface area contributed by atoms with Crippen molar-refractivity contribution in [2.45, 2.75) is 13.3 Å². The molecule has 112 valence electrons. The number of para-hydroxylation sites is 2. The van der Waals surface area contributed by atoms with Gasteiger partial charge in [0.15, 0.2) is 17.3 Å². The Kier molecular flexibility index (Phi) is 5.20. The fraction of sp³-hybridized carbons (Fsp3) is 0.333. The third-order valence-corrected chi connectivity index (χ3v) is 2.72. The van der Waals surface area contributed by atoms with E-state index in [-0.39, 0.29) is 18.9 Å². The number of aromatic nitrogens is 2. The molecular formula is C15H19N3O3. The van der Waals surface area contributed by atoms with Crippen LogP contribution in [0.1, 0.15) is 13.3 Å². The van der Waals surface area contributed by atoms with Crippen LogP contribution in [0.3, 0.4) is 0 Å². The summed E-state index contributed by atoms with van der Waals surface area (Å²) in [5.74, 6) is 1.73. The number of amides is 1. The first kappa shape index (κ1) is 14.9. The van der Waals surface area contributed by atoms with E-state index in [0.717, 1.165) is 0 Å². The van der Waals surface area contributed by atoms with Gasteiger partial charge in [0.2, 0.25) is 5.91 Å². The van der Waals surface area contributed by atoms with E-state index >= 15 is 0 Å². The van der Waals surface area contributed by atoms with E-state index < -0.39 is 0 Å². The number of hydrogen-bond donors (Lipinski definition) is 1. The predicted octanol–water partition coefficient (Wildman–Crippen LogP) is 2.23. The zero-order chi connectivity index (χ0) is 15.1. The van der Waals surface area contributed by atoms with Gasteiger partial charge in [-0.15, -0.1) is 0 Å². The summed E-state index contributed by atoms with van der Waals surface area (Å²) < 4.78 is 12.7. The monoisotopic (exact) mass is 289 g/mol. The summed E-state index contributed by atoms with van der Waals surface area (Å²) in [6.07, 6.45) is 2.02. The standard InChI is InChI=1S/C15H19N3O3/c1-3-20-12-6-4-5-7-13(12)21-11-9-15(19)16-14-8-10-18(2)17-14/h4-8,10H,3,9,11H2,1-2H3,(H,16,17,19). The van der Waals surface area contributed by atoms with E-state index in [1.165, 1.54) is 0 Å². The van der Waals surface area contributed by atoms with Gasteiger partial charge in [-0.25, -0.2) is 0 Å². The molecule has 0 unspecified atom stereocenters. The molecule has 0 spiro atoms. The van der Waals surface area contributed by atoms with Crippen molar-refractivity contribution in [1.29, 1.82) is 0 Å². The second-order valence-corrected chi connectivity index (χ2v) is 4.40. The maximum absolute atomic E-state index is 11.8. The molecule has 0 saturated carbocycles. The predicted molar refractivity (Wildman–Crippen MR) is 79.6 cm³/mol. The van der Waals surface area contributed by atoms with Gasteiger partial charge in [-0.2, -0.15) is 5.10 Å². The fourth-order valence-electron chi connectivity index (χ4n) is 1.78. The van der Waals surface area contributed by atoms with Gasteiger partial charge >= 0.3 is 0 Å². The maximum atomic E-state index is 11.8. The van der Waals surface area contributed by atoms with E-state index in [1.54, 1.807) is 24.0 Å². The van der Waals surface area contributed by atoms with Crippen LogP contribution in [0.4, 0.5) is 5.82 Å². The van der Waals surface area contributed by atoms with Crippen LogP contribution in [-0.2, 0) is 11.8 Å². The Labute approximate surface area is 123 Å². The third kappa shape index (κ3) is 4.52. The lowest BCUT2D eigenvalue weighted by Crippen LogP contribution is -2.15. The SMILES string of the molecule is CCOc1ccccc1OCCC(=O)Nc1ccn(C)n1. The first-order valence-corrected chi connectivity index (χ1v) is 6.83. The molecule has 1 amide bonds. The molecule has 0 fully saturated rings. The number of nitrogens with one attached hydrogen (secondary N) is 1. The third-order valence-electron chi connectivity index (χ3n) is 2.72. The highest BCUT2D eigenvalue weighted by Gasteiger charge is 2.07. The van der Waals surface area contributed by atoms with E-state index in [9.17, 15) is 4.79 Å². The van der Waals surface area contributed by atoms with Gasteiger partial charge < -0.3 is 14.8 Å². The molecule has 0 bridgehead atoms. The molecule has 0 radical (unpaired) electrons. The van der Waals surface area contributed by atoms with Gasteiger partial charge in [-0.05, 0) is 19.1 Å². The Balaban J connectivity index is 1.80. The van der Waals surface area contributed by atoms with Crippen LogP contribution >= 0.6 is 0 Å². The zero-order valence-corrected chi connectivity index (χ0v) is 12.2. The molecule has 1 N–H and O–H groups in total. The van der Waals surface area contributed by atoms with Crippen molar-refractivity contribution in [3.05, 3.63) is 36.5 Å². The summed E-state index contributed by atoms with van der Waals surface area (Å²) in [4.78, 5) is 11.8. The quantitative estimate of drug-likeness (QED) is 0.849. The molecule has 1 heterocycles. The first-order valence-electron chi connectivity index (χ1n) is 6.83. The molecule has 0 atom stereocenters. The zero-order valence-electron chi connectivity index (χ0n) is 12.2. The summed E-state index contributed by atoms with van der Waals surface area (Å²) in [6.45, 7) is 2.76. The number of carbonyl (C=O) groups excluding carboxylic acids is 1. The highest BCUT2D eigenvalue weighted by Crippen LogP contribution is 2.26. The van der Waals surface area contributed by atoms with Crippen molar-refractivity contribution in [2.24, 2.45) is 7.05 Å². The molecule has 6 heteroatoms. The lowest BCUT2D eigenvalue weighted by Gasteiger charge is -2.11. The minimum absolute atomic E-state index is 0.136. The lowest BCUT2D eigenvalue weighted by atomic mass is 10.3. The van der Waals surface area contributed by atoms with Crippen LogP contribution in [0.2, 0.25) is 0 Å². The first-order chi connectivity index (χ1) is 10.2. The molecule has 1 aromatic carbocycles. The van der Waals surface area contributed by atoms with Crippen molar-refractivity contribution in [1.82, 2.24) is 9.78 Å². The van der Waals surface area contributed by atoms with Gasteiger partial charge in [-0.3, -0.25) is 9.48 Å². The van der Waals surface area contributed by atoms with Crippen LogP contribution in [0.5, 0.6) is 11.5 Å². The second kappa shape index (κ2) is 7.33. The molecule has 0 aliphatic heterocycles. The minimum atomic E-state index is -0.136. The summed E-state index contributed by atoms with van der Waals surface area (Å²) in [5, 5.41) is 6.79. The van der Waals surface area contributed by atoms with Gasteiger partial charge in [-0.1, -0.05) is 12.1 Å². The summed E-state index contributed by atoms with van der Waals surface area (Å²) in [5.41, 5.74) is 0. The Morgan fingerprint density at radius 2 is 1.95 bits per heavy atom. The molecule has 2 aromatic rings. The number of hydrogen-bond acceptors (Lipinski definition) is 4. The smallest absolute Gasteiger partial charge is 0.229 e. The normalized spacial score (nSPS) is 10.2. The lowest BCUT2D eigenvalue weighted by molar-refractivity contribution is -0.116. The number of rotatable bonds is 7.